The maximum absolute atomic E-state index is 5.87. The fourth-order valence-electron chi connectivity index (χ4n) is 2.48. The fraction of sp³-hybridized carbons (Fsp3) is 0.560. The van der Waals surface area contributed by atoms with Crippen LogP contribution >= 0.6 is 35.0 Å². The number of aliphatic imine (C=N–C) groups is 1. The highest BCUT2D eigenvalue weighted by Gasteiger charge is 2.05. The van der Waals surface area contributed by atoms with E-state index >= 15 is 0 Å². The molecule has 1 rings (SSSR count). The van der Waals surface area contributed by atoms with Crippen molar-refractivity contribution in [3.8, 4) is 12.3 Å². The number of halogens is 2. The zero-order chi connectivity index (χ0) is 22.2. The van der Waals surface area contributed by atoms with Gasteiger partial charge < -0.3 is 0 Å². The van der Waals surface area contributed by atoms with Gasteiger partial charge in [0.25, 0.3) is 0 Å². The summed E-state index contributed by atoms with van der Waals surface area (Å²) in [6.45, 7) is 10.6. The van der Waals surface area contributed by atoms with Gasteiger partial charge in [-0.3, -0.25) is 4.99 Å². The predicted octanol–water partition coefficient (Wildman–Crippen LogP) is 8.46. The second-order valence-corrected chi connectivity index (χ2v) is 8.47. The van der Waals surface area contributed by atoms with Crippen molar-refractivity contribution in [1.82, 2.24) is 0 Å². The number of hydrogen-bond donors (Lipinski definition) is 0. The Morgan fingerprint density at radius 1 is 1.28 bits per heavy atom. The first-order valence-electron chi connectivity index (χ1n) is 10.4. The normalized spacial score (nSPS) is 15.3. The van der Waals surface area contributed by atoms with Crippen LogP contribution in [0, 0.1) is 18.3 Å². The van der Waals surface area contributed by atoms with E-state index in [2.05, 4.69) is 37.8 Å². The SMILES string of the molecule is C#CC.C=C/C=C\C(CC)=NCCSC/C=C\C(Cl)=C/CCl.CC1CCCCC1. The molecular weight excluding hydrogens is 417 g/mol. The zero-order valence-corrected chi connectivity index (χ0v) is 20.8. The van der Waals surface area contributed by atoms with Gasteiger partial charge in [0, 0.05) is 34.7 Å². The van der Waals surface area contributed by atoms with Crippen LogP contribution in [0.4, 0.5) is 0 Å². The van der Waals surface area contributed by atoms with Crippen LogP contribution < -0.4 is 0 Å². The standard InChI is InChI=1S/C15H21Cl2NS.C7H14.C3H4/c1-3-5-8-15(4-2)18-11-13-19-12-6-7-14(17)9-10-16;1-7-5-3-2-4-6-7;1-3-2/h3,5-9H,1,4,10-13H2,2H3;7H,2-6H2,1H3;1H,2H3/b7-6-,8-5-,14-9+,18-15?;;. The van der Waals surface area contributed by atoms with Gasteiger partial charge in [-0.25, -0.2) is 0 Å². The molecule has 4 heteroatoms. The van der Waals surface area contributed by atoms with Gasteiger partial charge in [0.15, 0.2) is 0 Å². The molecule has 0 atom stereocenters. The number of allylic oxidation sites excluding steroid dienone is 6. The van der Waals surface area contributed by atoms with Crippen LogP contribution in [-0.2, 0) is 0 Å². The van der Waals surface area contributed by atoms with E-state index in [9.17, 15) is 0 Å². The first-order valence-corrected chi connectivity index (χ1v) is 12.5. The number of alkyl halides is 1. The molecule has 0 aromatic rings. The number of terminal acetylenes is 1. The van der Waals surface area contributed by atoms with E-state index in [1.165, 1.54) is 32.1 Å². The maximum Gasteiger partial charge on any atom is 0.0483 e. The molecule has 0 radical (unpaired) electrons. The molecule has 1 fully saturated rings. The Hall–Kier alpha value is -0.880. The summed E-state index contributed by atoms with van der Waals surface area (Å²) in [7, 11) is 0. The minimum atomic E-state index is 0.447. The summed E-state index contributed by atoms with van der Waals surface area (Å²) >= 11 is 13.2. The summed E-state index contributed by atoms with van der Waals surface area (Å²) in [5, 5.41) is 0.691. The Labute approximate surface area is 194 Å². The van der Waals surface area contributed by atoms with E-state index in [1.807, 2.05) is 36.1 Å². The van der Waals surface area contributed by atoms with Crippen molar-refractivity contribution < 1.29 is 0 Å². The van der Waals surface area contributed by atoms with Crippen LogP contribution in [0.5, 0.6) is 0 Å². The van der Waals surface area contributed by atoms with Gasteiger partial charge in [-0.15, -0.1) is 23.9 Å². The minimum Gasteiger partial charge on any atom is -0.289 e. The maximum atomic E-state index is 5.87. The topological polar surface area (TPSA) is 12.4 Å². The highest BCUT2D eigenvalue weighted by Crippen LogP contribution is 2.22. The van der Waals surface area contributed by atoms with Crippen LogP contribution in [0.2, 0.25) is 0 Å². The lowest BCUT2D eigenvalue weighted by Gasteiger charge is -2.15. The second-order valence-electron chi connectivity index (χ2n) is 6.57. The van der Waals surface area contributed by atoms with Crippen molar-refractivity contribution in [2.75, 3.05) is 23.9 Å². The van der Waals surface area contributed by atoms with Crippen LogP contribution in [-0.4, -0.2) is 29.6 Å². The number of nitrogens with zero attached hydrogens (tertiary/aromatic N) is 1. The summed E-state index contributed by atoms with van der Waals surface area (Å²) in [6, 6.07) is 0. The molecular formula is C25H39Cl2NS. The molecule has 29 heavy (non-hydrogen) atoms. The average molecular weight is 457 g/mol. The molecule has 0 aromatic carbocycles. The lowest BCUT2D eigenvalue weighted by molar-refractivity contribution is 0.385. The van der Waals surface area contributed by atoms with Crippen molar-refractivity contribution in [1.29, 1.82) is 0 Å². The van der Waals surface area contributed by atoms with E-state index < -0.39 is 0 Å². The summed E-state index contributed by atoms with van der Waals surface area (Å²) < 4.78 is 0. The third-order valence-electron chi connectivity index (χ3n) is 3.99. The average Bonchev–Trinajstić information content (AvgIpc) is 2.71. The number of hydrogen-bond acceptors (Lipinski definition) is 2. The lowest BCUT2D eigenvalue weighted by Crippen LogP contribution is -1.99. The molecule has 0 unspecified atom stereocenters. The van der Waals surface area contributed by atoms with Gasteiger partial charge in [0.2, 0.25) is 0 Å². The molecule has 1 aliphatic rings. The van der Waals surface area contributed by atoms with E-state index in [4.69, 9.17) is 23.2 Å². The third kappa shape index (κ3) is 25.1. The molecule has 0 amide bonds. The Kier molecular flexibility index (Phi) is 26.3. The molecule has 0 saturated heterocycles. The first kappa shape index (κ1) is 30.3. The first-order chi connectivity index (χ1) is 14.0. The molecule has 0 aliphatic heterocycles. The molecule has 0 spiro atoms. The molecule has 1 saturated carbocycles. The highest BCUT2D eigenvalue weighted by molar-refractivity contribution is 7.99. The zero-order valence-electron chi connectivity index (χ0n) is 18.5. The summed E-state index contributed by atoms with van der Waals surface area (Å²) in [4.78, 5) is 4.52. The van der Waals surface area contributed by atoms with Crippen LogP contribution in [0.25, 0.3) is 0 Å². The van der Waals surface area contributed by atoms with E-state index in [-0.39, 0.29) is 0 Å². The summed E-state index contributed by atoms with van der Waals surface area (Å²) in [5.41, 5.74) is 1.11. The monoisotopic (exact) mass is 455 g/mol. The highest BCUT2D eigenvalue weighted by atomic mass is 35.5. The largest absolute Gasteiger partial charge is 0.289 e. The van der Waals surface area contributed by atoms with Crippen LogP contribution in [0.15, 0.2) is 53.1 Å². The van der Waals surface area contributed by atoms with Gasteiger partial charge in [-0.2, -0.15) is 11.8 Å². The van der Waals surface area contributed by atoms with Crippen molar-refractivity contribution in [3.05, 3.63) is 48.1 Å². The van der Waals surface area contributed by atoms with Crippen LogP contribution in [0.3, 0.4) is 0 Å². The van der Waals surface area contributed by atoms with Crippen LogP contribution in [0.1, 0.15) is 59.3 Å². The predicted molar refractivity (Wildman–Crippen MR) is 140 cm³/mol. The van der Waals surface area contributed by atoms with Gasteiger partial charge in [0.05, 0.1) is 0 Å². The number of thioether (sulfide) groups is 1. The Bertz CT molecular complexity index is 536. The fourth-order valence-corrected chi connectivity index (χ4v) is 3.51. The third-order valence-corrected chi connectivity index (χ3v) is 5.33. The molecule has 1 aliphatic carbocycles. The van der Waals surface area contributed by atoms with Crippen molar-refractivity contribution >= 4 is 40.7 Å². The van der Waals surface area contributed by atoms with E-state index in [0.717, 1.165) is 36.1 Å². The molecule has 1 nitrogen and oxygen atoms in total. The van der Waals surface area contributed by atoms with Crippen molar-refractivity contribution in [2.45, 2.75) is 59.3 Å². The van der Waals surface area contributed by atoms with Crippen molar-refractivity contribution in [2.24, 2.45) is 10.9 Å². The van der Waals surface area contributed by atoms with Gasteiger partial charge >= 0.3 is 0 Å². The Balaban J connectivity index is 0. The van der Waals surface area contributed by atoms with E-state index in [1.54, 1.807) is 19.1 Å². The molecule has 0 heterocycles. The molecule has 164 valence electrons. The minimum absolute atomic E-state index is 0.447. The Morgan fingerprint density at radius 2 is 1.93 bits per heavy atom. The molecule has 0 aromatic heterocycles. The number of rotatable bonds is 10. The van der Waals surface area contributed by atoms with Gasteiger partial charge in [-0.05, 0) is 31.4 Å². The lowest BCUT2D eigenvalue weighted by atomic mass is 9.91. The quantitative estimate of drug-likeness (QED) is 0.106. The second kappa shape index (κ2) is 25.2. The molecule has 0 N–H and O–H groups in total. The molecule has 0 bridgehead atoms. The van der Waals surface area contributed by atoms with Gasteiger partial charge in [0.1, 0.15) is 0 Å². The smallest absolute Gasteiger partial charge is 0.0483 e. The summed E-state index contributed by atoms with van der Waals surface area (Å²) in [5.74, 6) is 5.68. The van der Waals surface area contributed by atoms with Crippen molar-refractivity contribution in [3.63, 3.8) is 0 Å². The van der Waals surface area contributed by atoms with Gasteiger partial charge in [-0.1, -0.05) is 88.4 Å². The summed E-state index contributed by atoms with van der Waals surface area (Å²) in [6.07, 6.45) is 24.4. The Morgan fingerprint density at radius 3 is 2.41 bits per heavy atom. The van der Waals surface area contributed by atoms with E-state index in [0.29, 0.717) is 10.9 Å².